The Kier molecular flexibility index (Phi) is 5.96. The topological polar surface area (TPSA) is 119 Å². The van der Waals surface area contributed by atoms with Crippen LogP contribution in [0.2, 0.25) is 0 Å². The summed E-state index contributed by atoms with van der Waals surface area (Å²) in [6, 6.07) is 3.95. The van der Waals surface area contributed by atoms with Crippen LogP contribution in [-0.4, -0.2) is 57.1 Å². The number of ether oxygens (including phenoxy) is 1. The Morgan fingerprint density at radius 1 is 1.44 bits per heavy atom. The molecule has 0 unspecified atom stereocenters. The number of hydrogen-bond donors (Lipinski definition) is 1. The van der Waals surface area contributed by atoms with Crippen LogP contribution in [0, 0.1) is 16.0 Å². The average Bonchev–Trinajstić information content (AvgIpc) is 2.58. The third kappa shape index (κ3) is 5.40. The lowest BCUT2D eigenvalue weighted by Gasteiger charge is -2.32. The Morgan fingerprint density at radius 2 is 2.16 bits per heavy atom. The maximum absolute atomic E-state index is 12.7. The van der Waals surface area contributed by atoms with Gasteiger partial charge in [0, 0.05) is 25.7 Å². The summed E-state index contributed by atoms with van der Waals surface area (Å²) in [5, 5.41) is 11.0. The molecule has 1 aliphatic heterocycles. The number of carbonyl (C=O) groups excluding carboxylic acids is 1. The van der Waals surface area contributed by atoms with Gasteiger partial charge in [0.1, 0.15) is 5.75 Å². The lowest BCUT2D eigenvalue weighted by Crippen LogP contribution is -2.43. The van der Waals surface area contributed by atoms with E-state index in [9.17, 15) is 23.3 Å². The highest BCUT2D eigenvalue weighted by Gasteiger charge is 2.26. The zero-order chi connectivity index (χ0) is 18.6. The van der Waals surface area contributed by atoms with E-state index in [0.717, 1.165) is 19.1 Å². The predicted octanol–water partition coefficient (Wildman–Crippen LogP) is 1.00. The number of amides is 1. The van der Waals surface area contributed by atoms with Gasteiger partial charge in [-0.1, -0.05) is 0 Å². The van der Waals surface area contributed by atoms with Crippen LogP contribution in [-0.2, 0) is 10.0 Å². The molecule has 1 aromatic rings. The van der Waals surface area contributed by atoms with Gasteiger partial charge in [0.05, 0.1) is 29.9 Å². The van der Waals surface area contributed by atoms with Crippen LogP contribution in [0.4, 0.5) is 5.69 Å². The lowest BCUT2D eigenvalue weighted by molar-refractivity contribution is -0.385. The molecule has 1 amide bonds. The summed E-state index contributed by atoms with van der Waals surface area (Å²) >= 11 is 0. The number of likely N-dealkylation sites (tertiary alicyclic amines) is 1. The second-order valence-electron chi connectivity index (χ2n) is 6.06. The molecule has 0 radical (unpaired) electrons. The number of sulfonamides is 1. The Morgan fingerprint density at radius 3 is 2.76 bits per heavy atom. The van der Waals surface area contributed by atoms with Crippen molar-refractivity contribution in [3.63, 3.8) is 0 Å². The zero-order valence-corrected chi connectivity index (χ0v) is 14.9. The number of benzene rings is 1. The van der Waals surface area contributed by atoms with Crippen LogP contribution in [0.3, 0.4) is 0 Å². The highest BCUT2D eigenvalue weighted by atomic mass is 32.2. The average molecular weight is 371 g/mol. The first-order chi connectivity index (χ1) is 11.7. The third-order valence-corrected chi connectivity index (χ3v) is 4.72. The molecule has 0 spiro atoms. The molecule has 0 bridgehead atoms. The second kappa shape index (κ2) is 7.79. The molecule has 138 valence electrons. The molecule has 0 saturated carbocycles. The third-order valence-electron chi connectivity index (χ3n) is 4.03. The maximum Gasteiger partial charge on any atom is 0.273 e. The van der Waals surface area contributed by atoms with Gasteiger partial charge in [-0.15, -0.1) is 0 Å². The van der Waals surface area contributed by atoms with Crippen molar-refractivity contribution >= 4 is 21.6 Å². The van der Waals surface area contributed by atoms with E-state index in [1.165, 1.54) is 25.3 Å². The smallest absolute Gasteiger partial charge is 0.273 e. The number of nitrogens with one attached hydrogen (secondary N) is 1. The van der Waals surface area contributed by atoms with Gasteiger partial charge in [-0.2, -0.15) is 0 Å². The first-order valence-corrected chi connectivity index (χ1v) is 9.66. The maximum atomic E-state index is 12.7. The van der Waals surface area contributed by atoms with Crippen molar-refractivity contribution in [2.75, 3.05) is 33.0 Å². The molecule has 2 rings (SSSR count). The number of non-ortho nitro benzene ring substituents is 1. The zero-order valence-electron chi connectivity index (χ0n) is 14.1. The Balaban J connectivity index is 2.14. The fourth-order valence-electron chi connectivity index (χ4n) is 2.80. The molecular weight excluding hydrogens is 350 g/mol. The monoisotopic (exact) mass is 371 g/mol. The van der Waals surface area contributed by atoms with Crippen LogP contribution in [0.1, 0.15) is 23.2 Å². The van der Waals surface area contributed by atoms with E-state index in [-0.39, 0.29) is 35.4 Å². The SMILES string of the molecule is COc1cc(C(=O)N2CCC[C@H](CNS(C)(=O)=O)C2)cc([N+](=O)[O-])c1. The summed E-state index contributed by atoms with van der Waals surface area (Å²) < 4.78 is 29.9. The van der Waals surface area contributed by atoms with Crippen molar-refractivity contribution in [3.05, 3.63) is 33.9 Å². The number of carbonyl (C=O) groups is 1. The van der Waals surface area contributed by atoms with Gasteiger partial charge < -0.3 is 9.64 Å². The minimum absolute atomic E-state index is 0.00742. The van der Waals surface area contributed by atoms with E-state index < -0.39 is 14.9 Å². The quantitative estimate of drug-likeness (QED) is 0.589. The minimum atomic E-state index is -3.28. The normalized spacial score (nSPS) is 18.0. The van der Waals surface area contributed by atoms with Crippen molar-refractivity contribution in [2.45, 2.75) is 12.8 Å². The molecular formula is C15H21N3O6S. The molecule has 1 atom stereocenters. The molecule has 1 aliphatic rings. The first kappa shape index (κ1) is 19.1. The van der Waals surface area contributed by atoms with Crippen LogP contribution < -0.4 is 9.46 Å². The molecule has 1 aromatic carbocycles. The van der Waals surface area contributed by atoms with E-state index in [0.29, 0.717) is 13.1 Å². The molecule has 0 aliphatic carbocycles. The van der Waals surface area contributed by atoms with Crippen LogP contribution >= 0.6 is 0 Å². The number of methoxy groups -OCH3 is 1. The molecule has 1 N–H and O–H groups in total. The fourth-order valence-corrected chi connectivity index (χ4v) is 3.34. The molecule has 10 heteroatoms. The van der Waals surface area contributed by atoms with E-state index in [4.69, 9.17) is 4.74 Å². The number of nitro benzene ring substituents is 1. The van der Waals surface area contributed by atoms with Gasteiger partial charge in [-0.25, -0.2) is 13.1 Å². The number of nitro groups is 1. The standard InChI is InChI=1S/C15H21N3O6S/c1-24-14-7-12(6-13(8-14)18(20)21)15(19)17-5-3-4-11(10-17)9-16-25(2,22)23/h6-8,11,16H,3-5,9-10H2,1-2H3/t11-/m1/s1. The summed E-state index contributed by atoms with van der Waals surface area (Å²) in [4.78, 5) is 24.7. The molecule has 9 nitrogen and oxygen atoms in total. The van der Waals surface area contributed by atoms with Crippen LogP contribution in [0.25, 0.3) is 0 Å². The highest BCUT2D eigenvalue weighted by Crippen LogP contribution is 2.25. The summed E-state index contributed by atoms with van der Waals surface area (Å²) in [5.41, 5.74) is -0.0298. The molecule has 1 heterocycles. The summed E-state index contributed by atoms with van der Waals surface area (Å²) in [6.45, 7) is 1.19. The fraction of sp³-hybridized carbons (Fsp3) is 0.533. The Bertz CT molecular complexity index is 765. The molecule has 1 saturated heterocycles. The summed E-state index contributed by atoms with van der Waals surface area (Å²) in [7, 11) is -1.91. The van der Waals surface area contributed by atoms with Crippen molar-refractivity contribution in [1.29, 1.82) is 0 Å². The number of rotatable bonds is 6. The van der Waals surface area contributed by atoms with Gasteiger partial charge in [0.2, 0.25) is 10.0 Å². The Labute approximate surface area is 146 Å². The summed E-state index contributed by atoms with van der Waals surface area (Å²) in [5.74, 6) is -0.0797. The van der Waals surface area contributed by atoms with Crippen molar-refractivity contribution in [3.8, 4) is 5.75 Å². The molecule has 25 heavy (non-hydrogen) atoms. The lowest BCUT2D eigenvalue weighted by atomic mass is 9.97. The summed E-state index contributed by atoms with van der Waals surface area (Å²) in [6.07, 6.45) is 2.65. The van der Waals surface area contributed by atoms with Gasteiger partial charge in [0.25, 0.3) is 11.6 Å². The van der Waals surface area contributed by atoms with E-state index in [2.05, 4.69) is 4.72 Å². The largest absolute Gasteiger partial charge is 0.496 e. The minimum Gasteiger partial charge on any atom is -0.496 e. The van der Waals surface area contributed by atoms with Crippen molar-refractivity contribution < 1.29 is 22.9 Å². The van der Waals surface area contributed by atoms with Crippen LogP contribution in [0.5, 0.6) is 5.75 Å². The second-order valence-corrected chi connectivity index (χ2v) is 7.89. The number of piperidine rings is 1. The highest BCUT2D eigenvalue weighted by molar-refractivity contribution is 7.88. The van der Waals surface area contributed by atoms with Gasteiger partial charge in [0.15, 0.2) is 0 Å². The predicted molar refractivity (Wildman–Crippen MR) is 91.1 cm³/mol. The van der Waals surface area contributed by atoms with Crippen molar-refractivity contribution in [1.82, 2.24) is 9.62 Å². The van der Waals surface area contributed by atoms with E-state index >= 15 is 0 Å². The molecule has 1 fully saturated rings. The molecule has 0 aromatic heterocycles. The van der Waals surface area contributed by atoms with Gasteiger partial charge >= 0.3 is 0 Å². The Hall–Kier alpha value is -2.20. The van der Waals surface area contributed by atoms with Crippen LogP contribution in [0.15, 0.2) is 18.2 Å². The van der Waals surface area contributed by atoms with E-state index in [1.54, 1.807) is 4.90 Å². The number of hydrogen-bond acceptors (Lipinski definition) is 6. The number of nitrogens with zero attached hydrogens (tertiary/aromatic N) is 2. The van der Waals surface area contributed by atoms with E-state index in [1.807, 2.05) is 0 Å². The van der Waals surface area contributed by atoms with Gasteiger partial charge in [-0.3, -0.25) is 14.9 Å². The first-order valence-electron chi connectivity index (χ1n) is 7.77. The van der Waals surface area contributed by atoms with Crippen molar-refractivity contribution in [2.24, 2.45) is 5.92 Å². The van der Waals surface area contributed by atoms with Gasteiger partial charge in [-0.05, 0) is 24.8 Å².